The number of anilines is 1. The number of carbonyl (C=O) groups excluding carboxylic acids is 1. The average Bonchev–Trinajstić information content (AvgIpc) is 2.61. The lowest BCUT2D eigenvalue weighted by molar-refractivity contribution is -0.118. The van der Waals surface area contributed by atoms with Crippen LogP contribution in [0.25, 0.3) is 0 Å². The Morgan fingerprint density at radius 1 is 1.22 bits per heavy atom. The lowest BCUT2D eigenvalue weighted by atomic mass is 10.0. The maximum Gasteiger partial charge on any atom is 0.247 e. The van der Waals surface area contributed by atoms with Gasteiger partial charge in [-0.05, 0) is 43.2 Å². The second-order valence-corrected chi connectivity index (χ2v) is 8.38. The van der Waals surface area contributed by atoms with Crippen LogP contribution in [0.3, 0.4) is 0 Å². The van der Waals surface area contributed by atoms with Gasteiger partial charge in [0.2, 0.25) is 15.9 Å². The van der Waals surface area contributed by atoms with E-state index in [4.69, 9.17) is 16.3 Å². The third-order valence-electron chi connectivity index (χ3n) is 4.05. The van der Waals surface area contributed by atoms with Crippen molar-refractivity contribution in [2.24, 2.45) is 0 Å². The van der Waals surface area contributed by atoms with E-state index in [1.165, 1.54) is 19.2 Å². The number of benzene rings is 2. The van der Waals surface area contributed by atoms with E-state index in [0.717, 1.165) is 6.07 Å². The summed E-state index contributed by atoms with van der Waals surface area (Å²) >= 11 is 5.87. The summed E-state index contributed by atoms with van der Waals surface area (Å²) in [6, 6.07) is 10.2. The summed E-state index contributed by atoms with van der Waals surface area (Å²) in [4.78, 5) is 13.1. The van der Waals surface area contributed by atoms with Crippen molar-refractivity contribution in [3.63, 3.8) is 0 Å². The SMILES string of the molecule is CCCS(=O)(=O)N(C(=O)C(C)c1ccc(Cl)cc1)c1ccc(OC)c(F)c1. The number of ether oxygens (including phenoxy) is 1. The molecule has 0 bridgehead atoms. The van der Waals surface area contributed by atoms with Crippen LogP contribution < -0.4 is 9.04 Å². The lowest BCUT2D eigenvalue weighted by Gasteiger charge is -2.26. The van der Waals surface area contributed by atoms with Crippen LogP contribution in [0.1, 0.15) is 31.7 Å². The zero-order valence-corrected chi connectivity index (χ0v) is 16.8. The zero-order valence-electron chi connectivity index (χ0n) is 15.3. The number of amides is 1. The standard InChI is InChI=1S/C19H21ClFNO4S/c1-4-11-27(24,25)22(16-9-10-18(26-3)17(21)12-16)19(23)13(2)14-5-7-15(20)8-6-14/h5-10,12-13H,4,11H2,1-3H3. The first-order chi connectivity index (χ1) is 12.7. The van der Waals surface area contributed by atoms with Crippen LogP contribution in [-0.2, 0) is 14.8 Å². The van der Waals surface area contributed by atoms with Crippen molar-refractivity contribution >= 4 is 33.2 Å². The fourth-order valence-corrected chi connectivity index (χ4v) is 4.32. The monoisotopic (exact) mass is 413 g/mol. The van der Waals surface area contributed by atoms with Crippen LogP contribution in [0.15, 0.2) is 42.5 Å². The van der Waals surface area contributed by atoms with E-state index in [0.29, 0.717) is 21.3 Å². The van der Waals surface area contributed by atoms with Crippen LogP contribution in [0, 0.1) is 5.82 Å². The summed E-state index contributed by atoms with van der Waals surface area (Å²) in [6.07, 6.45) is 0.320. The zero-order chi connectivity index (χ0) is 20.2. The van der Waals surface area contributed by atoms with Gasteiger partial charge < -0.3 is 4.74 Å². The first-order valence-corrected chi connectivity index (χ1v) is 10.4. The van der Waals surface area contributed by atoms with Crippen molar-refractivity contribution in [3.8, 4) is 5.75 Å². The molecule has 0 aliphatic rings. The Morgan fingerprint density at radius 3 is 2.37 bits per heavy atom. The smallest absolute Gasteiger partial charge is 0.247 e. The summed E-state index contributed by atoms with van der Waals surface area (Å²) < 4.78 is 45.2. The highest BCUT2D eigenvalue weighted by Gasteiger charge is 2.33. The molecule has 27 heavy (non-hydrogen) atoms. The molecule has 0 aliphatic heterocycles. The van der Waals surface area contributed by atoms with Gasteiger partial charge >= 0.3 is 0 Å². The van der Waals surface area contributed by atoms with Crippen LogP contribution in [-0.4, -0.2) is 27.2 Å². The molecule has 0 radical (unpaired) electrons. The Balaban J connectivity index is 2.51. The predicted octanol–water partition coefficient (Wildman–Crippen LogP) is 4.36. The molecule has 0 spiro atoms. The number of carbonyl (C=O) groups is 1. The van der Waals surface area contributed by atoms with E-state index < -0.39 is 27.7 Å². The molecule has 1 amide bonds. The van der Waals surface area contributed by atoms with Crippen LogP contribution in [0.2, 0.25) is 5.02 Å². The highest BCUT2D eigenvalue weighted by molar-refractivity contribution is 7.93. The van der Waals surface area contributed by atoms with E-state index in [1.807, 2.05) is 0 Å². The van der Waals surface area contributed by atoms with Gasteiger partial charge in [-0.1, -0.05) is 30.7 Å². The van der Waals surface area contributed by atoms with Crippen LogP contribution in [0.4, 0.5) is 10.1 Å². The van der Waals surface area contributed by atoms with Crippen molar-refractivity contribution in [3.05, 3.63) is 58.9 Å². The largest absolute Gasteiger partial charge is 0.494 e. The molecule has 1 atom stereocenters. The molecule has 2 aromatic rings. The van der Waals surface area contributed by atoms with Gasteiger partial charge in [0.05, 0.1) is 24.5 Å². The molecular formula is C19H21ClFNO4S. The molecule has 146 valence electrons. The van der Waals surface area contributed by atoms with Crippen molar-refractivity contribution in [1.29, 1.82) is 0 Å². The summed E-state index contributed by atoms with van der Waals surface area (Å²) in [5.41, 5.74) is 0.544. The molecule has 2 rings (SSSR count). The second-order valence-electron chi connectivity index (χ2n) is 6.01. The minimum atomic E-state index is -3.97. The number of methoxy groups -OCH3 is 1. The molecule has 8 heteroatoms. The maximum atomic E-state index is 14.1. The lowest BCUT2D eigenvalue weighted by Crippen LogP contribution is -2.41. The molecular weight excluding hydrogens is 393 g/mol. The molecule has 0 aliphatic carbocycles. The van der Waals surface area contributed by atoms with Gasteiger partial charge in [0, 0.05) is 11.1 Å². The molecule has 0 saturated carbocycles. The Labute approximate surface area is 163 Å². The number of hydrogen-bond acceptors (Lipinski definition) is 4. The Hall–Kier alpha value is -2.12. The second kappa shape index (κ2) is 8.71. The minimum Gasteiger partial charge on any atom is -0.494 e. The van der Waals surface area contributed by atoms with Crippen molar-refractivity contribution in [1.82, 2.24) is 0 Å². The molecule has 0 fully saturated rings. The first-order valence-electron chi connectivity index (χ1n) is 8.37. The maximum absolute atomic E-state index is 14.1. The number of halogens is 2. The highest BCUT2D eigenvalue weighted by atomic mass is 35.5. The Kier molecular flexibility index (Phi) is 6.84. The first kappa shape index (κ1) is 21.2. The molecule has 1 unspecified atom stereocenters. The van der Waals surface area contributed by atoms with Gasteiger partial charge in [-0.25, -0.2) is 17.1 Å². The van der Waals surface area contributed by atoms with Crippen molar-refractivity contribution in [2.75, 3.05) is 17.2 Å². The van der Waals surface area contributed by atoms with Crippen molar-refractivity contribution in [2.45, 2.75) is 26.2 Å². The predicted molar refractivity (Wildman–Crippen MR) is 104 cm³/mol. The normalized spacial score (nSPS) is 12.5. The van der Waals surface area contributed by atoms with E-state index in [1.54, 1.807) is 38.1 Å². The fourth-order valence-electron chi connectivity index (χ4n) is 2.63. The number of rotatable bonds is 7. The van der Waals surface area contributed by atoms with Crippen LogP contribution in [0.5, 0.6) is 5.75 Å². The topological polar surface area (TPSA) is 63.7 Å². The van der Waals surface area contributed by atoms with Gasteiger partial charge in [0.25, 0.3) is 0 Å². The minimum absolute atomic E-state index is 0.0372. The van der Waals surface area contributed by atoms with Gasteiger partial charge in [-0.3, -0.25) is 4.79 Å². The number of nitrogens with zero attached hydrogens (tertiary/aromatic N) is 1. The molecule has 2 aromatic carbocycles. The molecule has 0 N–H and O–H groups in total. The Bertz CT molecular complexity index is 916. The van der Waals surface area contributed by atoms with Gasteiger partial charge in [0.1, 0.15) is 0 Å². The van der Waals surface area contributed by atoms with Gasteiger partial charge in [-0.2, -0.15) is 0 Å². The molecule has 5 nitrogen and oxygen atoms in total. The highest BCUT2D eigenvalue weighted by Crippen LogP contribution is 2.29. The summed E-state index contributed by atoms with van der Waals surface area (Å²) in [6.45, 7) is 3.29. The third kappa shape index (κ3) is 4.78. The third-order valence-corrected chi connectivity index (χ3v) is 6.17. The van der Waals surface area contributed by atoms with Crippen molar-refractivity contribution < 1.29 is 22.3 Å². The Morgan fingerprint density at radius 2 is 1.85 bits per heavy atom. The van der Waals surface area contributed by atoms with E-state index in [2.05, 4.69) is 0 Å². The van der Waals surface area contributed by atoms with Crippen LogP contribution >= 0.6 is 11.6 Å². The molecule has 0 saturated heterocycles. The summed E-state index contributed by atoms with van der Waals surface area (Å²) in [5.74, 6) is -2.46. The molecule has 0 aromatic heterocycles. The van der Waals surface area contributed by atoms with Gasteiger partial charge in [-0.15, -0.1) is 0 Å². The van der Waals surface area contributed by atoms with E-state index in [-0.39, 0.29) is 17.2 Å². The van der Waals surface area contributed by atoms with E-state index >= 15 is 0 Å². The quantitative estimate of drug-likeness (QED) is 0.676. The summed E-state index contributed by atoms with van der Waals surface area (Å²) in [5, 5.41) is 0.506. The fraction of sp³-hybridized carbons (Fsp3) is 0.316. The van der Waals surface area contributed by atoms with Gasteiger partial charge in [0.15, 0.2) is 11.6 Å². The molecule has 0 heterocycles. The number of sulfonamides is 1. The van der Waals surface area contributed by atoms with E-state index in [9.17, 15) is 17.6 Å². The summed E-state index contributed by atoms with van der Waals surface area (Å²) in [7, 11) is -2.67. The average molecular weight is 414 g/mol. The number of hydrogen-bond donors (Lipinski definition) is 0.